The van der Waals surface area contributed by atoms with Crippen molar-refractivity contribution < 1.29 is 37.9 Å². The van der Waals surface area contributed by atoms with E-state index in [1.165, 1.54) is 89.9 Å². The highest BCUT2D eigenvalue weighted by Crippen LogP contribution is 2.36. The summed E-state index contributed by atoms with van der Waals surface area (Å²) in [6.07, 6.45) is 52.2. The van der Waals surface area contributed by atoms with Crippen LogP contribution in [0.3, 0.4) is 0 Å². The Morgan fingerprint density at radius 2 is 0.926 bits per heavy atom. The lowest BCUT2D eigenvalue weighted by atomic mass is 10.0. The molecular formula is C45H77O8P. The van der Waals surface area contributed by atoms with Crippen LogP contribution in [0, 0.1) is 0 Å². The van der Waals surface area contributed by atoms with Gasteiger partial charge in [0.1, 0.15) is 6.61 Å². The van der Waals surface area contributed by atoms with Crippen LogP contribution in [0.5, 0.6) is 0 Å². The maximum absolute atomic E-state index is 12.3. The zero-order valence-electron chi connectivity index (χ0n) is 34.1. The normalized spacial score (nSPS) is 13.2. The van der Waals surface area contributed by atoms with Crippen LogP contribution in [0.4, 0.5) is 0 Å². The molecule has 0 aliphatic rings. The van der Waals surface area contributed by atoms with E-state index >= 15 is 0 Å². The van der Waals surface area contributed by atoms with Crippen LogP contribution < -0.4 is 0 Å². The predicted octanol–water partition coefficient (Wildman–Crippen LogP) is 13.1. The molecule has 2 N–H and O–H groups in total. The Hall–Kier alpha value is -2.51. The SMILES string of the molecule is CC/C=C\C/C=C\C/C=C\C/C=C\CCC(=O)OC(COC(=O)CCCCCCCCCCCCC/C=C\C/C=C\CCCCCCC)COP(=O)(O)O. The van der Waals surface area contributed by atoms with Crippen LogP contribution in [-0.2, 0) is 28.2 Å². The Morgan fingerprint density at radius 3 is 1.41 bits per heavy atom. The van der Waals surface area contributed by atoms with Crippen molar-refractivity contribution in [3.05, 3.63) is 72.9 Å². The van der Waals surface area contributed by atoms with Gasteiger partial charge in [0, 0.05) is 12.8 Å². The van der Waals surface area contributed by atoms with Crippen molar-refractivity contribution in [2.75, 3.05) is 13.2 Å². The number of hydrogen-bond donors (Lipinski definition) is 2. The van der Waals surface area contributed by atoms with E-state index in [4.69, 9.17) is 19.3 Å². The minimum atomic E-state index is -4.77. The van der Waals surface area contributed by atoms with Gasteiger partial charge in [0.05, 0.1) is 6.61 Å². The fourth-order valence-electron chi connectivity index (χ4n) is 5.59. The third-order valence-electron chi connectivity index (χ3n) is 8.72. The molecule has 0 aromatic heterocycles. The van der Waals surface area contributed by atoms with Crippen LogP contribution in [0.25, 0.3) is 0 Å². The second-order valence-electron chi connectivity index (χ2n) is 13.9. The fraction of sp³-hybridized carbons (Fsp3) is 0.689. The molecule has 0 aromatic carbocycles. The monoisotopic (exact) mass is 777 g/mol. The molecule has 0 aliphatic carbocycles. The fourth-order valence-corrected chi connectivity index (χ4v) is 5.95. The first-order chi connectivity index (χ1) is 26.3. The third-order valence-corrected chi connectivity index (χ3v) is 9.21. The molecule has 9 heteroatoms. The lowest BCUT2D eigenvalue weighted by molar-refractivity contribution is -0.161. The summed E-state index contributed by atoms with van der Waals surface area (Å²) in [5.41, 5.74) is 0. The molecule has 1 unspecified atom stereocenters. The molecule has 54 heavy (non-hydrogen) atoms. The van der Waals surface area contributed by atoms with Crippen LogP contribution in [0.2, 0.25) is 0 Å². The average Bonchev–Trinajstić information content (AvgIpc) is 3.14. The van der Waals surface area contributed by atoms with Gasteiger partial charge in [-0.1, -0.05) is 170 Å². The molecule has 0 bridgehead atoms. The molecular weight excluding hydrogens is 699 g/mol. The molecule has 0 rings (SSSR count). The van der Waals surface area contributed by atoms with E-state index in [1.807, 2.05) is 12.2 Å². The van der Waals surface area contributed by atoms with Gasteiger partial charge in [0.25, 0.3) is 0 Å². The minimum Gasteiger partial charge on any atom is -0.462 e. The van der Waals surface area contributed by atoms with Gasteiger partial charge in [-0.2, -0.15) is 0 Å². The zero-order valence-corrected chi connectivity index (χ0v) is 35.0. The Labute approximate surface area is 329 Å². The summed E-state index contributed by atoms with van der Waals surface area (Å²) in [6, 6.07) is 0. The van der Waals surface area contributed by atoms with Gasteiger partial charge in [0.2, 0.25) is 0 Å². The number of esters is 2. The van der Waals surface area contributed by atoms with Crippen molar-refractivity contribution in [2.24, 2.45) is 0 Å². The lowest BCUT2D eigenvalue weighted by Crippen LogP contribution is -2.29. The average molecular weight is 777 g/mol. The van der Waals surface area contributed by atoms with Crippen molar-refractivity contribution in [3.8, 4) is 0 Å². The number of unbranched alkanes of at least 4 members (excludes halogenated alkanes) is 16. The second-order valence-corrected chi connectivity index (χ2v) is 15.2. The summed E-state index contributed by atoms with van der Waals surface area (Å²) in [6.45, 7) is 3.49. The van der Waals surface area contributed by atoms with Gasteiger partial charge in [-0.05, 0) is 70.6 Å². The van der Waals surface area contributed by atoms with Gasteiger partial charge in [0.15, 0.2) is 6.10 Å². The second kappa shape index (κ2) is 40.2. The molecule has 8 nitrogen and oxygen atoms in total. The Bertz CT molecular complexity index is 1100. The highest BCUT2D eigenvalue weighted by molar-refractivity contribution is 7.46. The molecule has 0 radical (unpaired) electrons. The topological polar surface area (TPSA) is 119 Å². The first-order valence-electron chi connectivity index (χ1n) is 21.2. The van der Waals surface area contributed by atoms with E-state index in [-0.39, 0.29) is 19.4 Å². The van der Waals surface area contributed by atoms with Crippen molar-refractivity contribution in [3.63, 3.8) is 0 Å². The quantitative estimate of drug-likeness (QED) is 0.0275. The number of phosphoric acid groups is 1. The van der Waals surface area contributed by atoms with Gasteiger partial charge < -0.3 is 19.3 Å². The summed E-state index contributed by atoms with van der Waals surface area (Å²) in [5.74, 6) is -0.985. The van der Waals surface area contributed by atoms with E-state index < -0.39 is 32.5 Å². The number of carbonyl (C=O) groups excluding carboxylic acids is 2. The summed E-state index contributed by atoms with van der Waals surface area (Å²) in [5, 5.41) is 0. The molecule has 0 aromatic rings. The lowest BCUT2D eigenvalue weighted by Gasteiger charge is -2.18. The number of allylic oxidation sites excluding steroid dienone is 12. The molecule has 1 atom stereocenters. The largest absolute Gasteiger partial charge is 0.469 e. The Balaban J connectivity index is 3.93. The van der Waals surface area contributed by atoms with Crippen LogP contribution in [0.15, 0.2) is 72.9 Å². The minimum absolute atomic E-state index is 0.0875. The van der Waals surface area contributed by atoms with E-state index in [1.54, 1.807) is 0 Å². The van der Waals surface area contributed by atoms with E-state index in [9.17, 15) is 14.2 Å². The van der Waals surface area contributed by atoms with Gasteiger partial charge >= 0.3 is 19.8 Å². The van der Waals surface area contributed by atoms with Gasteiger partial charge in [-0.25, -0.2) is 4.57 Å². The summed E-state index contributed by atoms with van der Waals surface area (Å²) in [7, 11) is -4.77. The van der Waals surface area contributed by atoms with Crippen molar-refractivity contribution in [1.29, 1.82) is 0 Å². The Kier molecular flexibility index (Phi) is 38.3. The van der Waals surface area contributed by atoms with Crippen molar-refractivity contribution in [1.82, 2.24) is 0 Å². The standard InChI is InChI=1S/C45H77O8P/c1-3-5-7-9-11-13-15-17-18-19-20-21-22-23-24-25-26-28-29-31-33-35-37-39-44(46)51-41-43(42-52-54(48,49)50)53-45(47)40-38-36-34-32-30-27-16-14-12-10-8-6-4-2/h6,8,12,14-15,17,19-20,27,30,34,36,43H,3-5,7,9-11,13,16,18,21-26,28-29,31-33,35,37-42H2,1-2H3,(H2,48,49,50)/b8-6-,14-12-,17-15-,20-19-,30-27-,36-34-. The number of hydrogen-bond acceptors (Lipinski definition) is 6. The van der Waals surface area contributed by atoms with Crippen LogP contribution in [0.1, 0.15) is 181 Å². The summed E-state index contributed by atoms with van der Waals surface area (Å²) < 4.78 is 26.3. The molecule has 310 valence electrons. The van der Waals surface area contributed by atoms with Gasteiger partial charge in [-0.3, -0.25) is 14.1 Å². The maximum Gasteiger partial charge on any atom is 0.469 e. The number of phosphoric ester groups is 1. The predicted molar refractivity (Wildman–Crippen MR) is 225 cm³/mol. The summed E-state index contributed by atoms with van der Waals surface area (Å²) in [4.78, 5) is 42.8. The first-order valence-corrected chi connectivity index (χ1v) is 22.8. The molecule has 0 fully saturated rings. The van der Waals surface area contributed by atoms with E-state index in [0.29, 0.717) is 12.8 Å². The molecule has 0 saturated heterocycles. The third kappa shape index (κ3) is 42.2. The smallest absolute Gasteiger partial charge is 0.462 e. The number of ether oxygens (including phenoxy) is 2. The zero-order chi connectivity index (χ0) is 39.6. The highest BCUT2D eigenvalue weighted by atomic mass is 31.2. The summed E-state index contributed by atoms with van der Waals surface area (Å²) >= 11 is 0. The van der Waals surface area contributed by atoms with E-state index in [2.05, 4.69) is 79.1 Å². The molecule has 0 saturated carbocycles. The van der Waals surface area contributed by atoms with Crippen LogP contribution >= 0.6 is 7.82 Å². The molecule has 0 aliphatic heterocycles. The maximum atomic E-state index is 12.3. The molecule has 0 spiro atoms. The number of carbonyl (C=O) groups is 2. The van der Waals surface area contributed by atoms with E-state index in [0.717, 1.165) is 51.4 Å². The highest BCUT2D eigenvalue weighted by Gasteiger charge is 2.22. The Morgan fingerprint density at radius 1 is 0.500 bits per heavy atom. The van der Waals surface area contributed by atoms with Crippen LogP contribution in [-0.4, -0.2) is 41.0 Å². The van der Waals surface area contributed by atoms with Gasteiger partial charge in [-0.15, -0.1) is 0 Å². The van der Waals surface area contributed by atoms with Crippen molar-refractivity contribution >= 4 is 19.8 Å². The first kappa shape index (κ1) is 51.5. The number of rotatable bonds is 38. The molecule has 0 heterocycles. The molecule has 0 amide bonds. The van der Waals surface area contributed by atoms with Crippen molar-refractivity contribution in [2.45, 2.75) is 187 Å².